The van der Waals surface area contributed by atoms with Crippen LogP contribution in [-0.2, 0) is 6.54 Å². The van der Waals surface area contributed by atoms with Crippen LogP contribution in [0.1, 0.15) is 21.5 Å². The molecular weight excluding hydrogens is 388 g/mol. The number of nitrogens with zero attached hydrogens (tertiary/aromatic N) is 3. The Hall–Kier alpha value is -3.52. The molecule has 0 saturated heterocycles. The summed E-state index contributed by atoms with van der Waals surface area (Å²) in [5.41, 5.74) is 3.39. The monoisotopic (exact) mass is 406 g/mol. The number of methoxy groups -OCH3 is 1. The third kappa shape index (κ3) is 3.62. The quantitative estimate of drug-likeness (QED) is 0.550. The highest BCUT2D eigenvalue weighted by Gasteiger charge is 2.17. The number of aromatic nitrogens is 3. The van der Waals surface area contributed by atoms with Crippen molar-refractivity contribution < 1.29 is 9.53 Å². The Balaban J connectivity index is 1.63. The van der Waals surface area contributed by atoms with Crippen molar-refractivity contribution >= 4 is 28.7 Å². The number of ether oxygens (including phenoxy) is 1. The summed E-state index contributed by atoms with van der Waals surface area (Å²) < 4.78 is 15.1. The number of pyridine rings is 1. The molecule has 0 aliphatic rings. The van der Waals surface area contributed by atoms with Crippen molar-refractivity contribution in [1.82, 2.24) is 18.6 Å². The minimum Gasteiger partial charge on any atom is -0.495 e. The van der Waals surface area contributed by atoms with Gasteiger partial charge in [0.05, 0.1) is 24.5 Å². The average molecular weight is 406 g/mol. The first-order chi connectivity index (χ1) is 14.1. The van der Waals surface area contributed by atoms with Gasteiger partial charge in [0.25, 0.3) is 11.5 Å². The third-order valence-electron chi connectivity index (χ3n) is 4.64. The largest absolute Gasteiger partial charge is 0.495 e. The Bertz CT molecular complexity index is 1260. The first-order valence-electron chi connectivity index (χ1n) is 8.93. The van der Waals surface area contributed by atoms with Gasteiger partial charge >= 0.3 is 0 Å². The summed E-state index contributed by atoms with van der Waals surface area (Å²) in [4.78, 5) is 25.9. The molecule has 0 radical (unpaired) electrons. The highest BCUT2D eigenvalue weighted by molar-refractivity contribution is 7.00. The standard InChI is InChI=1S/C21H18N4O3S/c1-13-9-10-25(17-5-3-4-6-18(17)28-2)21(27)19(13)20(26)22-12-14-7-8-15-16(11-14)24-29-23-15/h3-11H,12H2,1-2H3,(H,22,26). The van der Waals surface area contributed by atoms with Gasteiger partial charge in [0.2, 0.25) is 0 Å². The maximum Gasteiger partial charge on any atom is 0.268 e. The van der Waals surface area contributed by atoms with E-state index in [0.717, 1.165) is 28.3 Å². The minimum atomic E-state index is -0.423. The zero-order chi connectivity index (χ0) is 20.4. The van der Waals surface area contributed by atoms with Gasteiger partial charge < -0.3 is 10.1 Å². The molecular formula is C21H18N4O3S. The van der Waals surface area contributed by atoms with Crippen molar-refractivity contribution in [3.8, 4) is 11.4 Å². The Kier molecular flexibility index (Phi) is 5.09. The van der Waals surface area contributed by atoms with Gasteiger partial charge in [-0.05, 0) is 48.4 Å². The first-order valence-corrected chi connectivity index (χ1v) is 9.66. The van der Waals surface area contributed by atoms with Crippen LogP contribution in [0.3, 0.4) is 0 Å². The number of aryl methyl sites for hydroxylation is 1. The fourth-order valence-corrected chi connectivity index (χ4v) is 3.65. The summed E-state index contributed by atoms with van der Waals surface area (Å²) in [6, 6.07) is 14.5. The molecule has 1 N–H and O–H groups in total. The lowest BCUT2D eigenvalue weighted by molar-refractivity contribution is 0.0948. The zero-order valence-corrected chi connectivity index (χ0v) is 16.7. The fourth-order valence-electron chi connectivity index (χ4n) is 3.13. The van der Waals surface area contributed by atoms with Gasteiger partial charge in [-0.1, -0.05) is 18.2 Å². The normalized spacial score (nSPS) is 10.8. The first kappa shape index (κ1) is 18.8. The van der Waals surface area contributed by atoms with Crippen LogP contribution in [0.4, 0.5) is 0 Å². The average Bonchev–Trinajstić information content (AvgIpc) is 3.20. The second kappa shape index (κ2) is 7.84. The molecule has 1 amide bonds. The molecule has 2 aromatic heterocycles. The van der Waals surface area contributed by atoms with E-state index < -0.39 is 11.5 Å². The molecule has 146 valence electrons. The Labute approximate surface area is 170 Å². The molecule has 0 unspecified atom stereocenters. The summed E-state index contributed by atoms with van der Waals surface area (Å²) >= 11 is 1.15. The van der Waals surface area contributed by atoms with E-state index in [1.807, 2.05) is 30.3 Å². The van der Waals surface area contributed by atoms with E-state index in [9.17, 15) is 9.59 Å². The SMILES string of the molecule is COc1ccccc1-n1ccc(C)c(C(=O)NCc2ccc3nsnc3c2)c1=O. The van der Waals surface area contributed by atoms with E-state index >= 15 is 0 Å². The number of benzene rings is 2. The van der Waals surface area contributed by atoms with Gasteiger partial charge in [0, 0.05) is 12.7 Å². The van der Waals surface area contributed by atoms with Crippen LogP contribution in [0, 0.1) is 6.92 Å². The van der Waals surface area contributed by atoms with Gasteiger partial charge in [0.15, 0.2) is 0 Å². The smallest absolute Gasteiger partial charge is 0.268 e. The van der Waals surface area contributed by atoms with Crippen LogP contribution in [0.25, 0.3) is 16.7 Å². The molecule has 4 aromatic rings. The molecule has 7 nitrogen and oxygen atoms in total. The maximum absolute atomic E-state index is 13.1. The molecule has 4 rings (SSSR count). The molecule has 0 saturated carbocycles. The van der Waals surface area contributed by atoms with Crippen molar-refractivity contribution in [3.63, 3.8) is 0 Å². The third-order valence-corrected chi connectivity index (χ3v) is 5.20. The molecule has 8 heteroatoms. The number of carbonyl (C=O) groups excluding carboxylic acids is 1. The van der Waals surface area contributed by atoms with Crippen LogP contribution in [0.2, 0.25) is 0 Å². The van der Waals surface area contributed by atoms with E-state index in [1.54, 1.807) is 38.4 Å². The maximum atomic E-state index is 13.1. The second-order valence-corrected chi connectivity index (χ2v) is 7.02. The number of fused-ring (bicyclic) bond motifs is 1. The molecule has 0 aliphatic heterocycles. The fraction of sp³-hybridized carbons (Fsp3) is 0.143. The van der Waals surface area contributed by atoms with Crippen LogP contribution < -0.4 is 15.6 Å². The van der Waals surface area contributed by atoms with E-state index in [4.69, 9.17) is 4.74 Å². The second-order valence-electron chi connectivity index (χ2n) is 6.49. The van der Waals surface area contributed by atoms with E-state index in [1.165, 1.54) is 4.57 Å². The zero-order valence-electron chi connectivity index (χ0n) is 15.9. The molecule has 2 aromatic carbocycles. The predicted molar refractivity (Wildman–Crippen MR) is 112 cm³/mol. The summed E-state index contributed by atoms with van der Waals surface area (Å²) in [5, 5.41) is 2.83. The van der Waals surface area contributed by atoms with Crippen molar-refractivity contribution in [2.24, 2.45) is 0 Å². The van der Waals surface area contributed by atoms with Crippen LogP contribution in [-0.4, -0.2) is 26.3 Å². The Morgan fingerprint density at radius 1 is 1.14 bits per heavy atom. The van der Waals surface area contributed by atoms with Crippen molar-refractivity contribution in [2.45, 2.75) is 13.5 Å². The van der Waals surface area contributed by atoms with E-state index in [-0.39, 0.29) is 12.1 Å². The summed E-state index contributed by atoms with van der Waals surface area (Å²) in [6.45, 7) is 2.03. The molecule has 29 heavy (non-hydrogen) atoms. The molecule has 0 spiro atoms. The van der Waals surface area contributed by atoms with Gasteiger partial charge in [-0.2, -0.15) is 8.75 Å². The van der Waals surface area contributed by atoms with Crippen molar-refractivity contribution in [3.05, 3.63) is 81.8 Å². The van der Waals surface area contributed by atoms with E-state index in [2.05, 4.69) is 14.1 Å². The summed E-state index contributed by atoms with van der Waals surface area (Å²) in [6.07, 6.45) is 1.65. The number of hydrogen-bond donors (Lipinski definition) is 1. The molecule has 0 fully saturated rings. The van der Waals surface area contributed by atoms with Crippen LogP contribution in [0.15, 0.2) is 59.5 Å². The Morgan fingerprint density at radius 3 is 2.76 bits per heavy atom. The Morgan fingerprint density at radius 2 is 1.93 bits per heavy atom. The number of nitrogens with one attached hydrogen (secondary N) is 1. The van der Waals surface area contributed by atoms with Crippen LogP contribution in [0.5, 0.6) is 5.75 Å². The summed E-state index contributed by atoms with van der Waals surface area (Å²) in [5.74, 6) is 0.128. The lowest BCUT2D eigenvalue weighted by Crippen LogP contribution is -2.33. The molecule has 2 heterocycles. The number of para-hydroxylation sites is 2. The van der Waals surface area contributed by atoms with Crippen molar-refractivity contribution in [2.75, 3.05) is 7.11 Å². The molecule has 0 bridgehead atoms. The van der Waals surface area contributed by atoms with E-state index in [0.29, 0.717) is 17.0 Å². The molecule has 0 atom stereocenters. The van der Waals surface area contributed by atoms with Gasteiger partial charge in [-0.25, -0.2) is 0 Å². The number of amides is 1. The summed E-state index contributed by atoms with van der Waals surface area (Å²) in [7, 11) is 1.54. The topological polar surface area (TPSA) is 86.1 Å². The van der Waals surface area contributed by atoms with Gasteiger partial charge in [0.1, 0.15) is 22.3 Å². The number of rotatable bonds is 5. The van der Waals surface area contributed by atoms with Gasteiger partial charge in [-0.3, -0.25) is 14.2 Å². The number of carbonyl (C=O) groups is 1. The van der Waals surface area contributed by atoms with Crippen molar-refractivity contribution in [1.29, 1.82) is 0 Å². The predicted octanol–water partition coefficient (Wildman–Crippen LogP) is 3.09. The van der Waals surface area contributed by atoms with Crippen LogP contribution >= 0.6 is 11.7 Å². The lowest BCUT2D eigenvalue weighted by atomic mass is 10.1. The highest BCUT2D eigenvalue weighted by Crippen LogP contribution is 2.21. The lowest BCUT2D eigenvalue weighted by Gasteiger charge is -2.13. The number of hydrogen-bond acceptors (Lipinski definition) is 6. The highest BCUT2D eigenvalue weighted by atomic mass is 32.1. The molecule has 0 aliphatic carbocycles. The van der Waals surface area contributed by atoms with Gasteiger partial charge in [-0.15, -0.1) is 0 Å². The minimum absolute atomic E-state index is 0.106.